The Hall–Kier alpha value is -2.59. The quantitative estimate of drug-likeness (QED) is 0.434. The largest absolute Gasteiger partial charge is 0.468 e. The predicted octanol–water partition coefficient (Wildman–Crippen LogP) is 5.06. The van der Waals surface area contributed by atoms with Crippen molar-refractivity contribution in [2.45, 2.75) is 11.7 Å². The first-order chi connectivity index (χ1) is 12.7. The minimum Gasteiger partial charge on any atom is -0.468 e. The molecule has 0 spiro atoms. The minimum atomic E-state index is -0.284. The first-order valence-electron chi connectivity index (χ1n) is 8.43. The van der Waals surface area contributed by atoms with Crippen LogP contribution in [-0.2, 0) is 9.53 Å². The van der Waals surface area contributed by atoms with Gasteiger partial charge in [-0.1, -0.05) is 72.8 Å². The molecule has 1 atom stereocenters. The van der Waals surface area contributed by atoms with E-state index < -0.39 is 0 Å². The van der Waals surface area contributed by atoms with Crippen LogP contribution in [0.1, 0.15) is 27.6 Å². The highest BCUT2D eigenvalue weighted by Gasteiger charge is 2.19. The molecule has 132 valence electrons. The van der Waals surface area contributed by atoms with Crippen molar-refractivity contribution in [1.82, 2.24) is 0 Å². The molecule has 0 saturated heterocycles. The Morgan fingerprint density at radius 1 is 0.923 bits per heavy atom. The maximum Gasteiger partial charge on any atom is 0.315 e. The molecule has 0 amide bonds. The number of ether oxygens (including phenoxy) is 1. The third-order valence-corrected chi connectivity index (χ3v) is 5.49. The van der Waals surface area contributed by atoms with Gasteiger partial charge in [-0.2, -0.15) is 0 Å². The average molecular weight is 364 g/mol. The van der Waals surface area contributed by atoms with Gasteiger partial charge in [0.15, 0.2) is 5.78 Å². The van der Waals surface area contributed by atoms with Crippen LogP contribution in [0.15, 0.2) is 72.8 Å². The molecule has 3 aromatic rings. The van der Waals surface area contributed by atoms with Gasteiger partial charge in [0, 0.05) is 17.2 Å². The second kappa shape index (κ2) is 8.68. The summed E-state index contributed by atoms with van der Waals surface area (Å²) < 4.78 is 4.75. The molecule has 0 unspecified atom stereocenters. The van der Waals surface area contributed by atoms with E-state index in [0.717, 1.165) is 16.3 Å². The van der Waals surface area contributed by atoms with Gasteiger partial charge in [-0.25, -0.2) is 0 Å². The van der Waals surface area contributed by atoms with E-state index in [1.165, 1.54) is 18.9 Å². The summed E-state index contributed by atoms with van der Waals surface area (Å²) >= 11 is 1.44. The fourth-order valence-corrected chi connectivity index (χ4v) is 3.88. The van der Waals surface area contributed by atoms with Crippen molar-refractivity contribution >= 4 is 34.3 Å². The minimum absolute atomic E-state index is 0.0705. The van der Waals surface area contributed by atoms with Crippen molar-refractivity contribution in [2.75, 3.05) is 12.9 Å². The first kappa shape index (κ1) is 18.2. The Kier molecular flexibility index (Phi) is 6.08. The van der Waals surface area contributed by atoms with Gasteiger partial charge >= 0.3 is 5.97 Å². The zero-order valence-corrected chi connectivity index (χ0v) is 15.4. The second-order valence-corrected chi connectivity index (χ2v) is 7.17. The van der Waals surface area contributed by atoms with E-state index in [1.807, 2.05) is 48.5 Å². The maximum atomic E-state index is 12.7. The number of fused-ring (bicyclic) bond motifs is 1. The van der Waals surface area contributed by atoms with Crippen molar-refractivity contribution in [1.29, 1.82) is 0 Å². The van der Waals surface area contributed by atoms with Crippen molar-refractivity contribution in [3.05, 3.63) is 83.9 Å². The SMILES string of the molecule is COC(=O)CS[C@H](CC(=O)c1ccccc1)c1ccc2ccccc2c1. The van der Waals surface area contributed by atoms with Gasteiger partial charge in [-0.15, -0.1) is 11.8 Å². The van der Waals surface area contributed by atoms with E-state index in [0.29, 0.717) is 12.0 Å². The molecule has 4 heteroatoms. The van der Waals surface area contributed by atoms with Gasteiger partial charge in [0.25, 0.3) is 0 Å². The standard InChI is InChI=1S/C22H20O3S/c1-25-22(24)15-26-21(14-20(23)17-8-3-2-4-9-17)19-12-11-16-7-5-6-10-18(16)13-19/h2-13,21H,14-15H2,1H3/t21-/m1/s1. The molecule has 0 radical (unpaired) electrons. The molecule has 26 heavy (non-hydrogen) atoms. The molecule has 0 aliphatic heterocycles. The molecule has 0 bridgehead atoms. The number of esters is 1. The van der Waals surface area contributed by atoms with Crippen LogP contribution in [-0.4, -0.2) is 24.6 Å². The highest BCUT2D eigenvalue weighted by Crippen LogP contribution is 2.35. The van der Waals surface area contributed by atoms with E-state index in [4.69, 9.17) is 4.74 Å². The molecule has 3 rings (SSSR count). The fraction of sp³-hybridized carbons (Fsp3) is 0.182. The number of benzene rings is 3. The third kappa shape index (κ3) is 4.52. The summed E-state index contributed by atoms with van der Waals surface area (Å²) in [7, 11) is 1.38. The monoisotopic (exact) mass is 364 g/mol. The van der Waals surface area contributed by atoms with Gasteiger partial charge in [-0.05, 0) is 16.3 Å². The molecule has 0 aliphatic rings. The summed E-state index contributed by atoms with van der Waals surface area (Å²) in [4.78, 5) is 24.3. The number of Topliss-reactive ketones (excluding diaryl/α,β-unsaturated/α-hetero) is 1. The summed E-state index contributed by atoms with van der Waals surface area (Å²) in [6, 6.07) is 23.6. The molecule has 0 saturated carbocycles. The molecular weight excluding hydrogens is 344 g/mol. The lowest BCUT2D eigenvalue weighted by Gasteiger charge is -2.17. The molecular formula is C22H20O3S. The zero-order chi connectivity index (χ0) is 18.4. The number of ketones is 1. The highest BCUT2D eigenvalue weighted by molar-refractivity contribution is 8.00. The molecule has 0 aliphatic carbocycles. The number of hydrogen-bond acceptors (Lipinski definition) is 4. The number of carbonyl (C=O) groups is 2. The lowest BCUT2D eigenvalue weighted by atomic mass is 10.00. The van der Waals surface area contributed by atoms with Crippen LogP contribution in [0.4, 0.5) is 0 Å². The van der Waals surface area contributed by atoms with Crippen LogP contribution >= 0.6 is 11.8 Å². The second-order valence-electron chi connectivity index (χ2n) is 5.98. The molecule has 0 heterocycles. The van der Waals surface area contributed by atoms with Crippen LogP contribution in [0.25, 0.3) is 10.8 Å². The lowest BCUT2D eigenvalue weighted by molar-refractivity contribution is -0.137. The number of methoxy groups -OCH3 is 1. The number of carbonyl (C=O) groups excluding carboxylic acids is 2. The summed E-state index contributed by atoms with van der Waals surface area (Å²) in [6.45, 7) is 0. The van der Waals surface area contributed by atoms with Gasteiger partial charge in [0.1, 0.15) is 0 Å². The van der Waals surface area contributed by atoms with Crippen molar-refractivity contribution < 1.29 is 14.3 Å². The molecule has 3 nitrogen and oxygen atoms in total. The van der Waals surface area contributed by atoms with Crippen molar-refractivity contribution in [2.24, 2.45) is 0 Å². The summed E-state index contributed by atoms with van der Waals surface area (Å²) in [5.41, 5.74) is 1.74. The van der Waals surface area contributed by atoms with Gasteiger partial charge in [-0.3, -0.25) is 9.59 Å². The van der Waals surface area contributed by atoms with Gasteiger partial charge < -0.3 is 4.74 Å². The lowest BCUT2D eigenvalue weighted by Crippen LogP contribution is -2.10. The van der Waals surface area contributed by atoms with E-state index >= 15 is 0 Å². The van der Waals surface area contributed by atoms with Crippen LogP contribution in [0.2, 0.25) is 0 Å². The zero-order valence-electron chi connectivity index (χ0n) is 14.6. The van der Waals surface area contributed by atoms with Gasteiger partial charge in [0.05, 0.1) is 12.9 Å². The van der Waals surface area contributed by atoms with Gasteiger partial charge in [0.2, 0.25) is 0 Å². The number of rotatable bonds is 7. The molecule has 0 N–H and O–H groups in total. The fourth-order valence-electron chi connectivity index (χ4n) is 2.82. The van der Waals surface area contributed by atoms with E-state index in [2.05, 4.69) is 24.3 Å². The average Bonchev–Trinajstić information content (AvgIpc) is 2.70. The van der Waals surface area contributed by atoms with Crippen LogP contribution in [0.3, 0.4) is 0 Å². The van der Waals surface area contributed by atoms with Crippen LogP contribution < -0.4 is 0 Å². The predicted molar refractivity (Wildman–Crippen MR) is 107 cm³/mol. The third-order valence-electron chi connectivity index (χ3n) is 4.24. The Morgan fingerprint density at radius 3 is 2.35 bits per heavy atom. The van der Waals surface area contributed by atoms with Crippen LogP contribution in [0, 0.1) is 0 Å². The molecule has 0 aromatic heterocycles. The molecule has 0 fully saturated rings. The Labute approximate surface area is 157 Å². The Bertz CT molecular complexity index is 905. The normalized spacial score (nSPS) is 11.9. The topological polar surface area (TPSA) is 43.4 Å². The summed E-state index contributed by atoms with van der Waals surface area (Å²) in [5.74, 6) is 0.00450. The maximum absolute atomic E-state index is 12.7. The smallest absolute Gasteiger partial charge is 0.315 e. The van der Waals surface area contributed by atoms with Crippen molar-refractivity contribution in [3.8, 4) is 0 Å². The van der Waals surface area contributed by atoms with Crippen molar-refractivity contribution in [3.63, 3.8) is 0 Å². The first-order valence-corrected chi connectivity index (χ1v) is 9.47. The Morgan fingerprint density at radius 2 is 1.62 bits per heavy atom. The van der Waals surface area contributed by atoms with E-state index in [-0.39, 0.29) is 22.8 Å². The van der Waals surface area contributed by atoms with E-state index in [9.17, 15) is 9.59 Å². The summed E-state index contributed by atoms with van der Waals surface area (Å²) in [5, 5.41) is 2.18. The summed E-state index contributed by atoms with van der Waals surface area (Å²) in [6.07, 6.45) is 0.337. The number of hydrogen-bond donors (Lipinski definition) is 0. The molecule has 3 aromatic carbocycles. The van der Waals surface area contributed by atoms with Crippen LogP contribution in [0.5, 0.6) is 0 Å². The Balaban J connectivity index is 1.86. The van der Waals surface area contributed by atoms with E-state index in [1.54, 1.807) is 0 Å². The number of thioether (sulfide) groups is 1. The highest BCUT2D eigenvalue weighted by atomic mass is 32.2.